The molecule has 1 aliphatic rings. The Labute approximate surface area is 130 Å². The molecule has 5 nitrogen and oxygen atoms in total. The minimum absolute atomic E-state index is 0.479. The van der Waals surface area contributed by atoms with Crippen LogP contribution in [0.1, 0.15) is 19.4 Å². The number of halogens is 1. The van der Waals surface area contributed by atoms with Gasteiger partial charge in [-0.1, -0.05) is 25.4 Å². The van der Waals surface area contributed by atoms with E-state index in [1.807, 2.05) is 12.1 Å². The van der Waals surface area contributed by atoms with Crippen LogP contribution in [0.3, 0.4) is 0 Å². The van der Waals surface area contributed by atoms with Crippen LogP contribution in [0.5, 0.6) is 11.5 Å². The van der Waals surface area contributed by atoms with Crippen molar-refractivity contribution in [3.8, 4) is 11.5 Å². The molecule has 1 aromatic carbocycles. The highest BCUT2D eigenvalue weighted by atomic mass is 35.5. The van der Waals surface area contributed by atoms with Crippen molar-refractivity contribution >= 4 is 17.6 Å². The molecule has 0 amide bonds. The van der Waals surface area contributed by atoms with Crippen LogP contribution in [-0.4, -0.2) is 32.3 Å². The third kappa shape index (κ3) is 4.70. The first-order valence-corrected chi connectivity index (χ1v) is 7.56. The molecule has 0 aliphatic carbocycles. The SMILES string of the molecule is CC(C)CN=C(N)NCCc1cc(Cl)c2c(c1)OCCO2. The van der Waals surface area contributed by atoms with Gasteiger partial charge < -0.3 is 20.5 Å². The molecule has 0 saturated carbocycles. The van der Waals surface area contributed by atoms with Crippen LogP contribution in [-0.2, 0) is 6.42 Å². The zero-order chi connectivity index (χ0) is 15.2. The fraction of sp³-hybridized carbons (Fsp3) is 0.533. The Morgan fingerprint density at radius 2 is 2.14 bits per heavy atom. The van der Waals surface area contributed by atoms with Gasteiger partial charge in [-0.3, -0.25) is 4.99 Å². The molecule has 0 bridgehead atoms. The molecule has 0 spiro atoms. The number of rotatable bonds is 5. The van der Waals surface area contributed by atoms with Crippen LogP contribution in [0, 0.1) is 5.92 Å². The number of fused-ring (bicyclic) bond motifs is 1. The third-order valence-corrected chi connectivity index (χ3v) is 3.28. The summed E-state index contributed by atoms with van der Waals surface area (Å²) in [6, 6.07) is 3.86. The highest BCUT2D eigenvalue weighted by Gasteiger charge is 2.16. The predicted molar refractivity (Wildman–Crippen MR) is 85.5 cm³/mol. The lowest BCUT2D eigenvalue weighted by molar-refractivity contribution is 0.171. The van der Waals surface area contributed by atoms with Gasteiger partial charge in [-0.2, -0.15) is 0 Å². The molecule has 0 fully saturated rings. The number of nitrogens with one attached hydrogen (secondary N) is 1. The molecule has 0 aromatic heterocycles. The molecule has 0 atom stereocenters. The molecule has 2 rings (SSSR count). The summed E-state index contributed by atoms with van der Waals surface area (Å²) in [5.74, 6) is 2.33. The number of benzene rings is 1. The maximum absolute atomic E-state index is 6.20. The van der Waals surface area contributed by atoms with Crippen LogP contribution >= 0.6 is 11.6 Å². The van der Waals surface area contributed by atoms with Gasteiger partial charge in [-0.05, 0) is 30.0 Å². The van der Waals surface area contributed by atoms with E-state index in [1.54, 1.807) is 0 Å². The van der Waals surface area contributed by atoms with Crippen molar-refractivity contribution in [2.75, 3.05) is 26.3 Å². The summed E-state index contributed by atoms with van der Waals surface area (Å²) in [6.45, 7) is 6.73. The summed E-state index contributed by atoms with van der Waals surface area (Å²) < 4.78 is 11.1. The number of ether oxygens (including phenoxy) is 2. The quantitative estimate of drug-likeness (QED) is 0.646. The Hall–Kier alpha value is -1.62. The lowest BCUT2D eigenvalue weighted by Gasteiger charge is -2.20. The number of hydrogen-bond acceptors (Lipinski definition) is 3. The normalized spacial score (nSPS) is 14.4. The van der Waals surface area contributed by atoms with Gasteiger partial charge in [-0.15, -0.1) is 0 Å². The molecule has 1 aromatic rings. The van der Waals surface area contributed by atoms with Crippen LogP contribution in [0.25, 0.3) is 0 Å². The lowest BCUT2D eigenvalue weighted by atomic mass is 10.1. The number of nitrogens with zero attached hydrogens (tertiary/aromatic N) is 1. The summed E-state index contributed by atoms with van der Waals surface area (Å²) in [5.41, 5.74) is 6.87. The van der Waals surface area contributed by atoms with E-state index in [9.17, 15) is 0 Å². The number of nitrogens with two attached hydrogens (primary N) is 1. The standard InChI is InChI=1S/C15H22ClN3O2/c1-10(2)9-19-15(17)18-4-3-11-7-12(16)14-13(8-11)20-5-6-21-14/h7-8,10H,3-6,9H2,1-2H3,(H3,17,18,19). The summed E-state index contributed by atoms with van der Waals surface area (Å²) in [4.78, 5) is 4.26. The second-order valence-corrected chi connectivity index (χ2v) is 5.81. The van der Waals surface area contributed by atoms with Crippen molar-refractivity contribution in [2.45, 2.75) is 20.3 Å². The number of guanidine groups is 1. The molecule has 21 heavy (non-hydrogen) atoms. The van der Waals surface area contributed by atoms with Crippen molar-refractivity contribution in [1.29, 1.82) is 0 Å². The first kappa shape index (κ1) is 15.8. The van der Waals surface area contributed by atoms with E-state index in [4.69, 9.17) is 26.8 Å². The van der Waals surface area contributed by atoms with Gasteiger partial charge in [0, 0.05) is 13.1 Å². The van der Waals surface area contributed by atoms with Gasteiger partial charge in [-0.25, -0.2) is 0 Å². The van der Waals surface area contributed by atoms with Crippen molar-refractivity contribution in [2.24, 2.45) is 16.6 Å². The highest BCUT2D eigenvalue weighted by molar-refractivity contribution is 6.32. The summed E-state index contributed by atoms with van der Waals surface area (Å²) in [7, 11) is 0. The summed E-state index contributed by atoms with van der Waals surface area (Å²) >= 11 is 6.20. The topological polar surface area (TPSA) is 68.9 Å². The van der Waals surface area contributed by atoms with Crippen molar-refractivity contribution in [3.05, 3.63) is 22.7 Å². The van der Waals surface area contributed by atoms with Crippen LogP contribution in [0.4, 0.5) is 0 Å². The van der Waals surface area contributed by atoms with Gasteiger partial charge in [0.25, 0.3) is 0 Å². The van der Waals surface area contributed by atoms with Crippen molar-refractivity contribution in [1.82, 2.24) is 5.32 Å². The Balaban J connectivity index is 1.89. The summed E-state index contributed by atoms with van der Waals surface area (Å²) in [5, 5.41) is 3.69. The van der Waals surface area contributed by atoms with E-state index in [2.05, 4.69) is 24.2 Å². The maximum Gasteiger partial charge on any atom is 0.188 e. The van der Waals surface area contributed by atoms with E-state index >= 15 is 0 Å². The molecular formula is C15H22ClN3O2. The minimum atomic E-state index is 0.479. The molecule has 0 radical (unpaired) electrons. The van der Waals surface area contributed by atoms with Crippen LogP contribution in [0.15, 0.2) is 17.1 Å². The van der Waals surface area contributed by atoms with E-state index in [0.29, 0.717) is 48.2 Å². The Morgan fingerprint density at radius 1 is 1.38 bits per heavy atom. The van der Waals surface area contributed by atoms with Crippen LogP contribution < -0.4 is 20.5 Å². The Morgan fingerprint density at radius 3 is 2.90 bits per heavy atom. The Kier molecular flexibility index (Phi) is 5.56. The van der Waals surface area contributed by atoms with Gasteiger partial charge in [0.2, 0.25) is 0 Å². The Bertz CT molecular complexity index is 518. The van der Waals surface area contributed by atoms with E-state index < -0.39 is 0 Å². The average molecular weight is 312 g/mol. The third-order valence-electron chi connectivity index (χ3n) is 3.00. The zero-order valence-corrected chi connectivity index (χ0v) is 13.2. The molecule has 1 heterocycles. The average Bonchev–Trinajstić information content (AvgIpc) is 2.45. The molecule has 3 N–H and O–H groups in total. The zero-order valence-electron chi connectivity index (χ0n) is 12.5. The van der Waals surface area contributed by atoms with E-state index in [-0.39, 0.29) is 0 Å². The predicted octanol–water partition coefficient (Wildman–Crippen LogP) is 2.21. The van der Waals surface area contributed by atoms with Crippen LogP contribution in [0.2, 0.25) is 5.02 Å². The van der Waals surface area contributed by atoms with E-state index in [1.165, 1.54) is 0 Å². The molecule has 116 valence electrons. The van der Waals surface area contributed by atoms with E-state index in [0.717, 1.165) is 18.5 Å². The second-order valence-electron chi connectivity index (χ2n) is 5.40. The molecular weight excluding hydrogens is 290 g/mol. The molecule has 1 aliphatic heterocycles. The molecule has 6 heteroatoms. The highest BCUT2D eigenvalue weighted by Crippen LogP contribution is 2.38. The van der Waals surface area contributed by atoms with Gasteiger partial charge in [0.15, 0.2) is 17.5 Å². The molecule has 0 unspecified atom stereocenters. The minimum Gasteiger partial charge on any atom is -0.486 e. The van der Waals surface area contributed by atoms with Crippen molar-refractivity contribution in [3.63, 3.8) is 0 Å². The first-order chi connectivity index (χ1) is 10.1. The summed E-state index contributed by atoms with van der Waals surface area (Å²) in [6.07, 6.45) is 0.786. The molecule has 0 saturated heterocycles. The van der Waals surface area contributed by atoms with Gasteiger partial charge in [0.1, 0.15) is 13.2 Å². The smallest absolute Gasteiger partial charge is 0.188 e. The number of aliphatic imine (C=N–C) groups is 1. The fourth-order valence-electron chi connectivity index (χ4n) is 1.98. The maximum atomic E-state index is 6.20. The first-order valence-electron chi connectivity index (χ1n) is 7.18. The van der Waals surface area contributed by atoms with Gasteiger partial charge in [0.05, 0.1) is 5.02 Å². The number of hydrogen-bond donors (Lipinski definition) is 2. The fourth-order valence-corrected chi connectivity index (χ4v) is 2.27. The largest absolute Gasteiger partial charge is 0.486 e. The lowest BCUT2D eigenvalue weighted by Crippen LogP contribution is -2.33. The van der Waals surface area contributed by atoms with Gasteiger partial charge >= 0.3 is 0 Å². The second kappa shape index (κ2) is 7.41. The monoisotopic (exact) mass is 311 g/mol. The van der Waals surface area contributed by atoms with Crippen molar-refractivity contribution < 1.29 is 9.47 Å².